The number of aromatic nitrogens is 3. The predicted octanol–water partition coefficient (Wildman–Crippen LogP) is 2.84. The molecule has 0 N–H and O–H groups in total. The van der Waals surface area contributed by atoms with Gasteiger partial charge in [0.1, 0.15) is 18.3 Å². The van der Waals surface area contributed by atoms with Crippen LogP contribution in [-0.2, 0) is 0 Å². The SMILES string of the molecule is COc1ccnc(-c2cc(C=O)cc(-c3cc(C=O)ccn3)n2)c1. The van der Waals surface area contributed by atoms with Crippen molar-refractivity contribution in [3.63, 3.8) is 0 Å². The number of aldehydes is 2. The molecule has 24 heavy (non-hydrogen) atoms. The number of nitrogens with zero attached hydrogens (tertiary/aromatic N) is 3. The quantitative estimate of drug-likeness (QED) is 0.673. The summed E-state index contributed by atoms with van der Waals surface area (Å²) < 4.78 is 5.19. The first-order chi connectivity index (χ1) is 11.7. The molecule has 0 aliphatic carbocycles. The Morgan fingerprint density at radius 2 is 1.38 bits per heavy atom. The van der Waals surface area contributed by atoms with Crippen LogP contribution in [0.25, 0.3) is 22.8 Å². The van der Waals surface area contributed by atoms with Gasteiger partial charge in [-0.15, -0.1) is 0 Å². The highest BCUT2D eigenvalue weighted by Gasteiger charge is 2.10. The van der Waals surface area contributed by atoms with Crippen molar-refractivity contribution in [3.8, 4) is 28.5 Å². The zero-order chi connectivity index (χ0) is 16.9. The van der Waals surface area contributed by atoms with Crippen LogP contribution < -0.4 is 4.74 Å². The number of methoxy groups -OCH3 is 1. The van der Waals surface area contributed by atoms with Gasteiger partial charge in [0.25, 0.3) is 0 Å². The van der Waals surface area contributed by atoms with Crippen LogP contribution in [0.15, 0.2) is 48.8 Å². The van der Waals surface area contributed by atoms with Gasteiger partial charge in [0.05, 0.1) is 29.9 Å². The molecular weight excluding hydrogens is 306 g/mol. The second-order valence-corrected chi connectivity index (χ2v) is 4.96. The number of rotatable bonds is 5. The fourth-order valence-electron chi connectivity index (χ4n) is 2.22. The lowest BCUT2D eigenvalue weighted by Gasteiger charge is -2.07. The molecule has 0 aliphatic rings. The van der Waals surface area contributed by atoms with E-state index in [0.29, 0.717) is 39.7 Å². The highest BCUT2D eigenvalue weighted by molar-refractivity contribution is 5.81. The molecule has 0 saturated heterocycles. The molecule has 0 unspecified atom stereocenters. The Hall–Kier alpha value is -3.41. The summed E-state index contributed by atoms with van der Waals surface area (Å²) in [6.45, 7) is 0. The van der Waals surface area contributed by atoms with E-state index in [4.69, 9.17) is 4.74 Å². The summed E-state index contributed by atoms with van der Waals surface area (Å²) >= 11 is 0. The lowest BCUT2D eigenvalue weighted by Crippen LogP contribution is -1.96. The molecule has 0 saturated carbocycles. The molecular formula is C18H13N3O3. The van der Waals surface area contributed by atoms with Crippen LogP contribution in [0, 0.1) is 0 Å². The zero-order valence-corrected chi connectivity index (χ0v) is 12.8. The first-order valence-corrected chi connectivity index (χ1v) is 7.13. The largest absolute Gasteiger partial charge is 0.497 e. The van der Waals surface area contributed by atoms with Gasteiger partial charge in [0.2, 0.25) is 0 Å². The highest BCUT2D eigenvalue weighted by atomic mass is 16.5. The fourth-order valence-corrected chi connectivity index (χ4v) is 2.22. The summed E-state index contributed by atoms with van der Waals surface area (Å²) in [5.74, 6) is 0.640. The molecule has 118 valence electrons. The van der Waals surface area contributed by atoms with Crippen molar-refractivity contribution in [3.05, 3.63) is 59.9 Å². The van der Waals surface area contributed by atoms with Crippen molar-refractivity contribution in [2.75, 3.05) is 7.11 Å². The summed E-state index contributed by atoms with van der Waals surface area (Å²) in [5.41, 5.74) is 3.02. The van der Waals surface area contributed by atoms with Crippen LogP contribution >= 0.6 is 0 Å². The Morgan fingerprint density at radius 3 is 2.00 bits per heavy atom. The van der Waals surface area contributed by atoms with Crippen LogP contribution in [-0.4, -0.2) is 34.6 Å². The number of pyridine rings is 3. The van der Waals surface area contributed by atoms with Crippen LogP contribution in [0.4, 0.5) is 0 Å². The molecule has 0 atom stereocenters. The van der Waals surface area contributed by atoms with Gasteiger partial charge < -0.3 is 4.74 Å². The predicted molar refractivity (Wildman–Crippen MR) is 88.0 cm³/mol. The van der Waals surface area contributed by atoms with Gasteiger partial charge in [0, 0.05) is 29.6 Å². The number of hydrogen-bond donors (Lipinski definition) is 0. The molecule has 3 aromatic heterocycles. The van der Waals surface area contributed by atoms with E-state index >= 15 is 0 Å². The van der Waals surface area contributed by atoms with E-state index in [0.717, 1.165) is 12.6 Å². The van der Waals surface area contributed by atoms with E-state index in [-0.39, 0.29) is 0 Å². The molecule has 6 nitrogen and oxygen atoms in total. The van der Waals surface area contributed by atoms with Gasteiger partial charge in [-0.05, 0) is 30.3 Å². The molecule has 3 aromatic rings. The fraction of sp³-hybridized carbons (Fsp3) is 0.0556. The minimum absolute atomic E-state index is 0.443. The highest BCUT2D eigenvalue weighted by Crippen LogP contribution is 2.24. The van der Waals surface area contributed by atoms with Gasteiger partial charge in [0.15, 0.2) is 0 Å². The molecule has 0 fully saturated rings. The number of hydrogen-bond acceptors (Lipinski definition) is 6. The van der Waals surface area contributed by atoms with E-state index in [1.54, 1.807) is 49.7 Å². The van der Waals surface area contributed by atoms with Crippen LogP contribution in [0.5, 0.6) is 5.75 Å². The van der Waals surface area contributed by atoms with Crippen molar-refractivity contribution in [1.29, 1.82) is 0 Å². The van der Waals surface area contributed by atoms with Crippen molar-refractivity contribution in [2.45, 2.75) is 0 Å². The van der Waals surface area contributed by atoms with E-state index in [1.165, 1.54) is 6.20 Å². The smallest absolute Gasteiger partial charge is 0.150 e. The van der Waals surface area contributed by atoms with Crippen molar-refractivity contribution in [1.82, 2.24) is 15.0 Å². The molecule has 0 bridgehead atoms. The monoisotopic (exact) mass is 319 g/mol. The molecule has 0 amide bonds. The van der Waals surface area contributed by atoms with Gasteiger partial charge in [-0.25, -0.2) is 4.98 Å². The third kappa shape index (κ3) is 3.17. The second-order valence-electron chi connectivity index (χ2n) is 4.96. The third-order valence-electron chi connectivity index (χ3n) is 3.40. The second kappa shape index (κ2) is 6.78. The lowest BCUT2D eigenvalue weighted by molar-refractivity contribution is 0.111. The van der Waals surface area contributed by atoms with Crippen LogP contribution in [0.3, 0.4) is 0 Å². The number of carbonyl (C=O) groups excluding carboxylic acids is 2. The minimum Gasteiger partial charge on any atom is -0.497 e. The van der Waals surface area contributed by atoms with Gasteiger partial charge in [-0.1, -0.05) is 0 Å². The van der Waals surface area contributed by atoms with Crippen LogP contribution in [0.1, 0.15) is 20.7 Å². The number of ether oxygens (including phenoxy) is 1. The molecule has 0 aliphatic heterocycles. The third-order valence-corrected chi connectivity index (χ3v) is 3.40. The Bertz CT molecular complexity index is 910. The Balaban J connectivity index is 2.14. The van der Waals surface area contributed by atoms with Crippen molar-refractivity contribution in [2.24, 2.45) is 0 Å². The summed E-state index contributed by atoms with van der Waals surface area (Å²) in [4.78, 5) is 35.2. The maximum atomic E-state index is 11.3. The summed E-state index contributed by atoms with van der Waals surface area (Å²) in [5, 5.41) is 0. The minimum atomic E-state index is 0.443. The van der Waals surface area contributed by atoms with Gasteiger partial charge >= 0.3 is 0 Å². The normalized spacial score (nSPS) is 10.2. The summed E-state index contributed by atoms with van der Waals surface area (Å²) in [6, 6.07) is 9.94. The van der Waals surface area contributed by atoms with E-state index in [2.05, 4.69) is 15.0 Å². The zero-order valence-electron chi connectivity index (χ0n) is 12.8. The van der Waals surface area contributed by atoms with Crippen LogP contribution in [0.2, 0.25) is 0 Å². The first kappa shape index (κ1) is 15.5. The molecule has 3 rings (SSSR count). The maximum Gasteiger partial charge on any atom is 0.150 e. The topological polar surface area (TPSA) is 82.0 Å². The summed E-state index contributed by atoms with van der Waals surface area (Å²) in [7, 11) is 1.56. The Labute approximate surface area is 138 Å². The summed E-state index contributed by atoms with van der Waals surface area (Å²) in [6.07, 6.45) is 4.60. The van der Waals surface area contributed by atoms with Gasteiger partial charge in [-0.2, -0.15) is 0 Å². The molecule has 0 aromatic carbocycles. The molecule has 0 radical (unpaired) electrons. The van der Waals surface area contributed by atoms with E-state index in [1.807, 2.05) is 0 Å². The average Bonchev–Trinajstić information content (AvgIpc) is 2.67. The van der Waals surface area contributed by atoms with Gasteiger partial charge in [-0.3, -0.25) is 19.6 Å². The maximum absolute atomic E-state index is 11.3. The number of carbonyl (C=O) groups is 2. The lowest BCUT2D eigenvalue weighted by atomic mass is 10.1. The van der Waals surface area contributed by atoms with E-state index < -0.39 is 0 Å². The molecule has 3 heterocycles. The Morgan fingerprint density at radius 1 is 0.792 bits per heavy atom. The molecule has 6 heteroatoms. The van der Waals surface area contributed by atoms with E-state index in [9.17, 15) is 9.59 Å². The van der Waals surface area contributed by atoms with Crippen molar-refractivity contribution < 1.29 is 14.3 Å². The average molecular weight is 319 g/mol. The standard InChI is InChI=1S/C18H13N3O3/c1-24-14-3-5-20-16(9-14)18-8-13(11-23)7-17(21-18)15-6-12(10-22)2-4-19-15/h2-11H,1H3. The molecule has 0 spiro atoms. The van der Waals surface area contributed by atoms with Crippen molar-refractivity contribution >= 4 is 12.6 Å². The first-order valence-electron chi connectivity index (χ1n) is 7.13. The Kier molecular flexibility index (Phi) is 4.38.